The molecule has 6 N–H and O–H groups in total. The second kappa shape index (κ2) is 18.3. The zero-order chi connectivity index (χ0) is 31.4. The summed E-state index contributed by atoms with van der Waals surface area (Å²) >= 11 is 0. The first-order chi connectivity index (χ1) is 18.3. The largest absolute Gasteiger partial charge is 0.435 e. The third-order valence-electron chi connectivity index (χ3n) is 7.21. The number of aliphatic hydroxyl groups excluding tert-OH is 6. The molecule has 0 bridgehead atoms. The SMILES string of the molecule is CCO[Si](C)(C)O[Si](C)(C)O[Si](C)(C(C)N(CCN(CC(O)CO)CC(O)CO)CC(O)CO)[Si](C)(C)OCC. The lowest BCUT2D eigenvalue weighted by Crippen LogP contribution is -2.75. The van der Waals surface area contributed by atoms with Gasteiger partial charge in [0.15, 0.2) is 0 Å². The molecule has 0 aromatic rings. The summed E-state index contributed by atoms with van der Waals surface area (Å²) in [5.41, 5.74) is -0.165. The molecule has 12 nitrogen and oxygen atoms in total. The minimum absolute atomic E-state index is 0.105. The van der Waals surface area contributed by atoms with Crippen LogP contribution in [0.15, 0.2) is 0 Å². The molecule has 242 valence electrons. The maximum absolute atomic E-state index is 10.5. The van der Waals surface area contributed by atoms with E-state index in [0.717, 1.165) is 0 Å². The summed E-state index contributed by atoms with van der Waals surface area (Å²) in [5, 5.41) is 59.0. The smallest absolute Gasteiger partial charge is 0.322 e. The Morgan fingerprint density at radius 1 is 0.625 bits per heavy atom. The fraction of sp³-hybridized carbons (Fsp3) is 1.00. The Labute approximate surface area is 246 Å². The Morgan fingerprint density at radius 2 is 1.07 bits per heavy atom. The van der Waals surface area contributed by atoms with Crippen LogP contribution in [0.3, 0.4) is 0 Å². The van der Waals surface area contributed by atoms with E-state index in [-0.39, 0.29) is 25.3 Å². The van der Waals surface area contributed by atoms with Crippen molar-refractivity contribution in [2.24, 2.45) is 0 Å². The lowest BCUT2D eigenvalue weighted by molar-refractivity contribution is 0.0139. The maximum Gasteiger partial charge on any atom is 0.322 e. The average molecular weight is 649 g/mol. The van der Waals surface area contributed by atoms with Gasteiger partial charge in [-0.3, -0.25) is 9.80 Å². The van der Waals surface area contributed by atoms with E-state index < -0.39 is 70.9 Å². The van der Waals surface area contributed by atoms with Crippen molar-refractivity contribution in [3.05, 3.63) is 0 Å². The molecule has 0 heterocycles. The van der Waals surface area contributed by atoms with E-state index in [1.807, 2.05) is 40.0 Å². The predicted octanol–water partition coefficient (Wildman–Crippen LogP) is -0.0537. The van der Waals surface area contributed by atoms with Crippen molar-refractivity contribution in [2.75, 3.05) is 65.8 Å². The van der Waals surface area contributed by atoms with Crippen LogP contribution in [-0.4, -0.2) is 163 Å². The zero-order valence-corrected chi connectivity index (χ0v) is 30.6. The van der Waals surface area contributed by atoms with Gasteiger partial charge in [0.1, 0.15) is 0 Å². The van der Waals surface area contributed by atoms with E-state index in [1.165, 1.54) is 0 Å². The van der Waals surface area contributed by atoms with Gasteiger partial charge in [0.2, 0.25) is 15.7 Å². The summed E-state index contributed by atoms with van der Waals surface area (Å²) in [4.78, 5) is 3.86. The Bertz CT molecular complexity index is 686. The lowest BCUT2D eigenvalue weighted by Gasteiger charge is -2.51. The molecule has 0 aromatic carbocycles. The van der Waals surface area contributed by atoms with Crippen LogP contribution in [0.1, 0.15) is 20.8 Å². The van der Waals surface area contributed by atoms with Gasteiger partial charge in [-0.25, -0.2) is 0 Å². The Hall–Kier alpha value is 0.388. The van der Waals surface area contributed by atoms with E-state index in [1.54, 1.807) is 4.90 Å². The highest BCUT2D eigenvalue weighted by Gasteiger charge is 2.57. The van der Waals surface area contributed by atoms with Crippen molar-refractivity contribution in [2.45, 2.75) is 90.6 Å². The van der Waals surface area contributed by atoms with Gasteiger partial charge in [-0.2, -0.15) is 0 Å². The highest BCUT2D eigenvalue weighted by Crippen LogP contribution is 2.33. The third-order valence-corrected chi connectivity index (χ3v) is 30.9. The standard InChI is InChI=1S/C24H60N2O10Si4/c1-11-33-37(4,5)35-38(6,7)36-40(10,39(8,9)34-12-2)21(3)26(17-24(32)20-29)14-13-25(15-22(30)18-27)16-23(31)19-28/h21-24,27-32H,11-20H2,1-10H3. The van der Waals surface area contributed by atoms with Crippen molar-refractivity contribution in [3.63, 3.8) is 0 Å². The number of hydrogen-bond donors (Lipinski definition) is 6. The maximum atomic E-state index is 10.5. The fourth-order valence-electron chi connectivity index (χ4n) is 5.07. The number of nitrogens with zero attached hydrogens (tertiary/aromatic N) is 2. The Morgan fingerprint density at radius 3 is 1.50 bits per heavy atom. The van der Waals surface area contributed by atoms with Crippen LogP contribution in [0.2, 0.25) is 45.8 Å². The summed E-state index contributed by atoms with van der Waals surface area (Å²) in [7, 11) is -10.4. The van der Waals surface area contributed by atoms with Crippen molar-refractivity contribution in [3.8, 4) is 0 Å². The monoisotopic (exact) mass is 648 g/mol. The summed E-state index contributed by atoms with van der Waals surface area (Å²) in [6.45, 7) is 21.6. The minimum atomic E-state index is -2.80. The van der Waals surface area contributed by atoms with Gasteiger partial charge >= 0.3 is 17.1 Å². The highest BCUT2D eigenvalue weighted by atomic mass is 29.3. The van der Waals surface area contributed by atoms with Crippen molar-refractivity contribution >= 4 is 32.8 Å². The van der Waals surface area contributed by atoms with Gasteiger partial charge < -0.3 is 47.7 Å². The number of hydrogen-bond acceptors (Lipinski definition) is 12. The van der Waals surface area contributed by atoms with Crippen LogP contribution < -0.4 is 0 Å². The van der Waals surface area contributed by atoms with E-state index >= 15 is 0 Å². The molecule has 0 aliphatic heterocycles. The number of rotatable bonds is 23. The van der Waals surface area contributed by atoms with Crippen LogP contribution in [0.25, 0.3) is 0 Å². The van der Waals surface area contributed by atoms with Crippen LogP contribution in [0.4, 0.5) is 0 Å². The molecule has 40 heavy (non-hydrogen) atoms. The first kappa shape index (κ1) is 40.4. The summed E-state index contributed by atoms with van der Waals surface area (Å²) in [6.07, 6.45) is -2.99. The van der Waals surface area contributed by atoms with E-state index in [0.29, 0.717) is 26.3 Å². The minimum Gasteiger partial charge on any atom is -0.435 e. The molecule has 5 unspecified atom stereocenters. The Kier molecular flexibility index (Phi) is 18.4. The van der Waals surface area contributed by atoms with Crippen LogP contribution in [-0.2, 0) is 17.1 Å². The summed E-state index contributed by atoms with van der Waals surface area (Å²) in [6, 6.07) is 0. The molecule has 0 saturated carbocycles. The molecule has 0 spiro atoms. The van der Waals surface area contributed by atoms with Gasteiger partial charge in [-0.05, 0) is 59.7 Å². The van der Waals surface area contributed by atoms with Gasteiger partial charge in [-0.15, -0.1) is 0 Å². The first-order valence-electron chi connectivity index (χ1n) is 14.3. The first-order valence-corrected chi connectivity index (χ1v) is 26.4. The molecule has 0 rings (SSSR count). The molecular weight excluding hydrogens is 589 g/mol. The van der Waals surface area contributed by atoms with Crippen LogP contribution in [0.5, 0.6) is 0 Å². The van der Waals surface area contributed by atoms with E-state index in [9.17, 15) is 30.6 Å². The summed E-state index contributed by atoms with van der Waals surface area (Å²) in [5.74, 6) is 0. The Balaban J connectivity index is 6.37. The van der Waals surface area contributed by atoms with Crippen LogP contribution in [0, 0.1) is 0 Å². The van der Waals surface area contributed by atoms with E-state index in [4.69, 9.17) is 17.1 Å². The molecule has 0 fully saturated rings. The van der Waals surface area contributed by atoms with Crippen molar-refractivity contribution < 1.29 is 47.7 Å². The topological polar surface area (TPSA) is 165 Å². The molecule has 0 aliphatic carbocycles. The average Bonchev–Trinajstić information content (AvgIpc) is 2.83. The second-order valence-electron chi connectivity index (χ2n) is 11.9. The zero-order valence-electron chi connectivity index (χ0n) is 26.6. The molecule has 0 radical (unpaired) electrons. The molecule has 5 atom stereocenters. The molecule has 0 aromatic heterocycles. The van der Waals surface area contributed by atoms with Crippen molar-refractivity contribution in [1.82, 2.24) is 9.80 Å². The van der Waals surface area contributed by atoms with Crippen molar-refractivity contribution in [1.29, 1.82) is 0 Å². The quantitative estimate of drug-likeness (QED) is 0.0820. The fourth-order valence-corrected chi connectivity index (χ4v) is 29.3. The summed E-state index contributed by atoms with van der Waals surface area (Å²) < 4.78 is 26.1. The second-order valence-corrected chi connectivity index (χ2v) is 32.4. The normalized spacial score (nSPS) is 18.1. The molecule has 16 heteroatoms. The third kappa shape index (κ3) is 13.8. The molecule has 0 saturated heterocycles. The van der Waals surface area contributed by atoms with Gasteiger partial charge in [0.25, 0.3) is 0 Å². The molecule has 0 aliphatic rings. The van der Waals surface area contributed by atoms with Gasteiger partial charge in [0, 0.05) is 51.6 Å². The van der Waals surface area contributed by atoms with Gasteiger partial charge in [-0.1, -0.05) is 6.92 Å². The lowest BCUT2D eigenvalue weighted by atomic mass is 10.2. The predicted molar refractivity (Wildman–Crippen MR) is 166 cm³/mol. The molecular formula is C24H60N2O10Si4. The van der Waals surface area contributed by atoms with Crippen LogP contribution >= 0.6 is 0 Å². The number of aliphatic hydroxyl groups is 6. The van der Waals surface area contributed by atoms with Gasteiger partial charge in [0.05, 0.1) is 38.1 Å². The molecule has 0 amide bonds. The highest BCUT2D eigenvalue weighted by molar-refractivity contribution is 7.37. The van der Waals surface area contributed by atoms with E-state index in [2.05, 4.69) is 31.5 Å².